The van der Waals surface area contributed by atoms with E-state index < -0.39 is 29.4 Å². The van der Waals surface area contributed by atoms with Crippen molar-refractivity contribution in [2.24, 2.45) is 0 Å². The van der Waals surface area contributed by atoms with E-state index in [4.69, 9.17) is 9.84 Å². The van der Waals surface area contributed by atoms with Crippen molar-refractivity contribution < 1.29 is 41.0 Å². The number of alkyl halides is 6. The fourth-order valence-electron chi connectivity index (χ4n) is 3.94. The first kappa shape index (κ1) is 29.0. The summed E-state index contributed by atoms with van der Waals surface area (Å²) in [6.45, 7) is 0.217. The Morgan fingerprint density at radius 3 is 2.02 bits per heavy atom. The predicted octanol–water partition coefficient (Wildman–Crippen LogP) is 9.08. The molecule has 3 nitrogen and oxygen atoms in total. The minimum absolute atomic E-state index is 0.0247. The van der Waals surface area contributed by atoms with Crippen LogP contribution in [-0.4, -0.2) is 17.7 Å². The van der Waals surface area contributed by atoms with Crippen molar-refractivity contribution in [2.75, 3.05) is 6.61 Å². The summed E-state index contributed by atoms with van der Waals surface area (Å²) in [4.78, 5) is 12.3. The van der Waals surface area contributed by atoms with Crippen molar-refractivity contribution in [3.8, 4) is 21.6 Å². The van der Waals surface area contributed by atoms with Crippen molar-refractivity contribution >= 4 is 17.3 Å². The van der Waals surface area contributed by atoms with E-state index in [1.807, 2.05) is 0 Å². The molecule has 1 heterocycles. The van der Waals surface area contributed by atoms with Crippen LogP contribution in [0, 0.1) is 0 Å². The van der Waals surface area contributed by atoms with E-state index in [1.165, 1.54) is 35.6 Å². The van der Waals surface area contributed by atoms with E-state index in [2.05, 4.69) is 5.73 Å². The highest BCUT2D eigenvalue weighted by Gasteiger charge is 2.31. The number of thiophene rings is 1. The number of hydrogen-bond donors (Lipinski definition) is 1. The van der Waals surface area contributed by atoms with Crippen LogP contribution in [0.3, 0.4) is 0 Å². The van der Waals surface area contributed by atoms with Gasteiger partial charge in [0.25, 0.3) is 0 Å². The van der Waals surface area contributed by atoms with Gasteiger partial charge in [-0.15, -0.1) is 17.1 Å². The Morgan fingerprint density at radius 1 is 0.850 bits per heavy atom. The van der Waals surface area contributed by atoms with Crippen molar-refractivity contribution in [1.82, 2.24) is 0 Å². The summed E-state index contributed by atoms with van der Waals surface area (Å²) in [5, 5.41) is 8.86. The zero-order valence-electron chi connectivity index (χ0n) is 20.8. The molecule has 0 saturated heterocycles. The summed E-state index contributed by atoms with van der Waals surface area (Å²) in [5.74, 6) is -0.389. The van der Waals surface area contributed by atoms with Gasteiger partial charge in [-0.2, -0.15) is 26.3 Å². The predicted molar refractivity (Wildman–Crippen MR) is 141 cm³/mol. The van der Waals surface area contributed by atoms with Crippen LogP contribution < -0.4 is 0 Å². The van der Waals surface area contributed by atoms with Gasteiger partial charge in [0.1, 0.15) is 5.76 Å². The first-order valence-corrected chi connectivity index (χ1v) is 12.9. The highest BCUT2D eigenvalue weighted by molar-refractivity contribution is 7.16. The van der Waals surface area contributed by atoms with Crippen LogP contribution in [0.15, 0.2) is 96.0 Å². The number of ether oxygens (including phenoxy) is 1. The molecule has 1 aromatic heterocycles. The zero-order chi connectivity index (χ0) is 28.9. The number of halogens is 6. The molecule has 10 heteroatoms. The Hall–Kier alpha value is -4.01. The van der Waals surface area contributed by atoms with E-state index in [0.717, 1.165) is 29.1 Å². The molecule has 0 bridgehead atoms. The molecule has 1 N–H and O–H groups in total. The normalized spacial score (nSPS) is 13.6. The molecule has 4 rings (SSSR count). The topological polar surface area (TPSA) is 46.5 Å². The van der Waals surface area contributed by atoms with Gasteiger partial charge in [0.05, 0.1) is 17.7 Å². The number of benzene rings is 2. The van der Waals surface area contributed by atoms with Crippen LogP contribution in [-0.2, 0) is 28.3 Å². The molecule has 1 aliphatic carbocycles. The lowest BCUT2D eigenvalue weighted by molar-refractivity contribution is -0.138. The van der Waals surface area contributed by atoms with Gasteiger partial charge in [0, 0.05) is 22.6 Å². The van der Waals surface area contributed by atoms with Crippen LogP contribution >= 0.6 is 11.3 Å². The van der Waals surface area contributed by atoms with Crippen LogP contribution in [0.25, 0.3) is 21.6 Å². The number of carboxylic acid groups (broad SMARTS) is 1. The molecule has 2 aromatic carbocycles. The quantitative estimate of drug-likeness (QED) is 0.204. The minimum Gasteiger partial charge on any atom is -0.493 e. The fourth-order valence-corrected chi connectivity index (χ4v) is 5.10. The van der Waals surface area contributed by atoms with Gasteiger partial charge >= 0.3 is 18.3 Å². The van der Waals surface area contributed by atoms with Gasteiger partial charge in [-0.3, -0.25) is 4.79 Å². The van der Waals surface area contributed by atoms with E-state index in [-0.39, 0.29) is 13.0 Å². The van der Waals surface area contributed by atoms with Crippen LogP contribution in [0.5, 0.6) is 0 Å². The maximum absolute atomic E-state index is 13.1. The van der Waals surface area contributed by atoms with Crippen LogP contribution in [0.2, 0.25) is 0 Å². The van der Waals surface area contributed by atoms with E-state index >= 15 is 0 Å². The average molecular weight is 577 g/mol. The summed E-state index contributed by atoms with van der Waals surface area (Å²) in [6, 6.07) is 11.2. The molecule has 0 unspecified atom stereocenters. The van der Waals surface area contributed by atoms with Crippen LogP contribution in [0.1, 0.15) is 28.8 Å². The number of carboxylic acids is 1. The molecule has 3 aromatic rings. The second-order valence-corrected chi connectivity index (χ2v) is 9.97. The molecule has 0 fully saturated rings. The third-order valence-electron chi connectivity index (χ3n) is 6.00. The Kier molecular flexibility index (Phi) is 8.71. The Balaban J connectivity index is 1.54. The summed E-state index contributed by atoms with van der Waals surface area (Å²) in [7, 11) is 0. The molecule has 1 aliphatic rings. The maximum Gasteiger partial charge on any atom is 0.416 e. The van der Waals surface area contributed by atoms with E-state index in [0.29, 0.717) is 45.7 Å². The SMILES string of the molecule is O=C(O)CCC1=C=CC=C(OCCc2sc(-c3ccc(C(F)(F)F)cc3)cc2-c2ccc(C(F)(F)F)cc2)C=C1. The molecular formula is C30H22F6O3S. The van der Waals surface area contributed by atoms with Crippen molar-refractivity contribution in [2.45, 2.75) is 31.6 Å². The fraction of sp³-hybridized carbons (Fsp3) is 0.200. The number of allylic oxidation sites excluding steroid dienone is 4. The molecule has 0 saturated carbocycles. The third kappa shape index (κ3) is 7.55. The number of rotatable bonds is 9. The molecule has 0 amide bonds. The van der Waals surface area contributed by atoms with Crippen molar-refractivity contribution in [3.63, 3.8) is 0 Å². The monoisotopic (exact) mass is 576 g/mol. The summed E-state index contributed by atoms with van der Waals surface area (Å²) >= 11 is 1.33. The molecule has 0 radical (unpaired) electrons. The first-order valence-electron chi connectivity index (χ1n) is 12.1. The molecular weight excluding hydrogens is 554 g/mol. The Bertz CT molecular complexity index is 1480. The second kappa shape index (κ2) is 12.0. The number of aliphatic carboxylic acids is 1. The molecule has 0 aliphatic heterocycles. The Morgan fingerprint density at radius 2 is 1.45 bits per heavy atom. The number of carbonyl (C=O) groups is 1. The van der Waals surface area contributed by atoms with E-state index in [9.17, 15) is 31.1 Å². The molecule has 208 valence electrons. The van der Waals surface area contributed by atoms with Gasteiger partial charge in [0.15, 0.2) is 0 Å². The van der Waals surface area contributed by atoms with Gasteiger partial charge in [-0.1, -0.05) is 24.3 Å². The number of hydrogen-bond acceptors (Lipinski definition) is 3. The van der Waals surface area contributed by atoms with Crippen molar-refractivity contribution in [1.29, 1.82) is 0 Å². The maximum atomic E-state index is 13.1. The van der Waals surface area contributed by atoms with Gasteiger partial charge in [-0.05, 0) is 83.3 Å². The molecule has 0 atom stereocenters. The van der Waals surface area contributed by atoms with Gasteiger partial charge < -0.3 is 9.84 Å². The largest absolute Gasteiger partial charge is 0.493 e. The lowest BCUT2D eigenvalue weighted by atomic mass is 10.0. The average Bonchev–Trinajstić information content (AvgIpc) is 3.19. The highest BCUT2D eigenvalue weighted by atomic mass is 32.1. The summed E-state index contributed by atoms with van der Waals surface area (Å²) in [6.07, 6.45) is -1.53. The molecule has 0 spiro atoms. The van der Waals surface area contributed by atoms with Crippen molar-refractivity contribution in [3.05, 3.63) is 112 Å². The Labute approximate surface area is 230 Å². The zero-order valence-corrected chi connectivity index (χ0v) is 21.6. The van der Waals surface area contributed by atoms with Gasteiger partial charge in [0.2, 0.25) is 0 Å². The second-order valence-electron chi connectivity index (χ2n) is 8.83. The summed E-state index contributed by atoms with van der Waals surface area (Å²) in [5.41, 5.74) is 3.91. The lowest BCUT2D eigenvalue weighted by Gasteiger charge is -2.09. The first-order chi connectivity index (χ1) is 18.9. The minimum atomic E-state index is -4.48. The summed E-state index contributed by atoms with van der Waals surface area (Å²) < 4.78 is 84.1. The standard InChI is InChI=1S/C30H22F6O3S/c31-29(32,33)22-10-6-20(7-11-22)25-18-27(21-8-12-23(13-9-21)30(34,35)36)40-26(25)16-17-39-24-3-1-2-19(4-14-24)5-15-28(37)38/h1,3-4,6-14,18H,5,15-17H2,(H,37,38). The smallest absolute Gasteiger partial charge is 0.416 e. The highest BCUT2D eigenvalue weighted by Crippen LogP contribution is 2.40. The van der Waals surface area contributed by atoms with Gasteiger partial charge in [-0.25, -0.2) is 0 Å². The van der Waals surface area contributed by atoms with E-state index in [1.54, 1.807) is 30.4 Å². The lowest BCUT2D eigenvalue weighted by Crippen LogP contribution is -2.04. The third-order valence-corrected chi connectivity index (χ3v) is 7.24. The van der Waals surface area contributed by atoms with Crippen LogP contribution in [0.4, 0.5) is 26.3 Å². The molecule has 40 heavy (non-hydrogen) atoms.